The Kier molecular flexibility index (Phi) is 6.87. The number of benzene rings is 1. The average Bonchev–Trinajstić information content (AvgIpc) is 2.61. The van der Waals surface area contributed by atoms with Gasteiger partial charge in [0.05, 0.1) is 39.9 Å². The van der Waals surface area contributed by atoms with Crippen LogP contribution < -0.4 is 15.0 Å². The molecule has 0 bridgehead atoms. The van der Waals surface area contributed by atoms with Gasteiger partial charge in [0.1, 0.15) is 5.75 Å². The number of piperazine rings is 1. The molecule has 1 aliphatic rings. The van der Waals surface area contributed by atoms with Crippen molar-refractivity contribution in [3.05, 3.63) is 29.8 Å². The topological polar surface area (TPSA) is 72.3 Å². The Morgan fingerprint density at radius 2 is 1.88 bits per heavy atom. The summed E-state index contributed by atoms with van der Waals surface area (Å²) in [7, 11) is 1.63. The molecular weight excluding hydrogens is 310 g/mol. The summed E-state index contributed by atoms with van der Waals surface area (Å²) in [6.45, 7) is 5.88. The Labute approximate surface area is 142 Å². The Bertz CT molecular complexity index is 539. The lowest BCUT2D eigenvalue weighted by atomic mass is 10.2. The van der Waals surface area contributed by atoms with Crippen LogP contribution in [0.2, 0.25) is 0 Å². The summed E-state index contributed by atoms with van der Waals surface area (Å²) in [4.78, 5) is 26.6. The van der Waals surface area contributed by atoms with Gasteiger partial charge in [0, 0.05) is 6.54 Å². The fourth-order valence-corrected chi connectivity index (χ4v) is 2.63. The molecule has 7 nitrogen and oxygen atoms in total. The third-order valence-electron chi connectivity index (χ3n) is 4.06. The van der Waals surface area contributed by atoms with Gasteiger partial charge in [-0.2, -0.15) is 0 Å². The zero-order valence-corrected chi connectivity index (χ0v) is 14.3. The van der Waals surface area contributed by atoms with Crippen LogP contribution in [0.3, 0.4) is 0 Å². The minimum Gasteiger partial charge on any atom is -0.497 e. The molecule has 1 aromatic rings. The summed E-state index contributed by atoms with van der Waals surface area (Å²) < 4.78 is 10.1. The van der Waals surface area contributed by atoms with Crippen LogP contribution in [0.5, 0.6) is 5.75 Å². The zero-order chi connectivity index (χ0) is 17.4. The molecule has 0 radical (unpaired) electrons. The summed E-state index contributed by atoms with van der Waals surface area (Å²) in [5.41, 5.74) is 1.03. The number of nitrogens with zero attached hydrogens (tertiary/aromatic N) is 1. The summed E-state index contributed by atoms with van der Waals surface area (Å²) in [6, 6.07) is 7.62. The van der Waals surface area contributed by atoms with Gasteiger partial charge in [-0.15, -0.1) is 0 Å². The molecular formula is C17H26N3O4+. The molecule has 1 fully saturated rings. The third-order valence-corrected chi connectivity index (χ3v) is 4.06. The largest absolute Gasteiger partial charge is 0.497 e. The number of carbonyl (C=O) groups excluding carboxylic acids is 2. The Hall–Kier alpha value is -2.28. The monoisotopic (exact) mass is 336 g/mol. The number of hydrogen-bond donors (Lipinski definition) is 2. The van der Waals surface area contributed by atoms with E-state index in [-0.39, 0.29) is 12.0 Å². The number of methoxy groups -OCH3 is 1. The smallest absolute Gasteiger partial charge is 0.410 e. The minimum atomic E-state index is -0.263. The van der Waals surface area contributed by atoms with E-state index >= 15 is 0 Å². The lowest BCUT2D eigenvalue weighted by Crippen LogP contribution is -3.15. The number of rotatable bonds is 6. The number of ether oxygens (including phenoxy) is 2. The van der Waals surface area contributed by atoms with Gasteiger partial charge < -0.3 is 19.7 Å². The summed E-state index contributed by atoms with van der Waals surface area (Å²) in [5, 5.41) is 2.93. The van der Waals surface area contributed by atoms with E-state index in [0.717, 1.165) is 24.4 Å². The van der Waals surface area contributed by atoms with Crippen LogP contribution in [0.4, 0.5) is 4.79 Å². The van der Waals surface area contributed by atoms with Crippen molar-refractivity contribution in [1.82, 2.24) is 10.2 Å². The van der Waals surface area contributed by atoms with Crippen molar-refractivity contribution in [3.8, 4) is 5.75 Å². The van der Waals surface area contributed by atoms with Gasteiger partial charge in [0.25, 0.3) is 5.91 Å². The molecule has 2 amide bonds. The van der Waals surface area contributed by atoms with Crippen LogP contribution in [-0.4, -0.2) is 63.3 Å². The lowest BCUT2D eigenvalue weighted by molar-refractivity contribution is -0.896. The van der Waals surface area contributed by atoms with Crippen LogP contribution in [-0.2, 0) is 16.1 Å². The molecule has 1 heterocycles. The van der Waals surface area contributed by atoms with Gasteiger partial charge in [-0.3, -0.25) is 9.69 Å². The van der Waals surface area contributed by atoms with Crippen molar-refractivity contribution < 1.29 is 24.0 Å². The molecule has 0 unspecified atom stereocenters. The van der Waals surface area contributed by atoms with Gasteiger partial charge in [-0.25, -0.2) is 4.79 Å². The molecule has 0 atom stereocenters. The number of hydrogen-bond acceptors (Lipinski definition) is 4. The van der Waals surface area contributed by atoms with E-state index in [1.165, 1.54) is 4.90 Å². The van der Waals surface area contributed by atoms with Crippen molar-refractivity contribution in [1.29, 1.82) is 0 Å². The summed E-state index contributed by atoms with van der Waals surface area (Å²) >= 11 is 0. The molecule has 7 heteroatoms. The third kappa shape index (κ3) is 5.42. The van der Waals surface area contributed by atoms with Crippen molar-refractivity contribution in [2.45, 2.75) is 13.5 Å². The Balaban J connectivity index is 1.68. The van der Waals surface area contributed by atoms with Gasteiger partial charge >= 0.3 is 6.09 Å². The Morgan fingerprint density at radius 3 is 2.46 bits per heavy atom. The van der Waals surface area contributed by atoms with Crippen LogP contribution in [0.15, 0.2) is 24.3 Å². The molecule has 1 aromatic carbocycles. The van der Waals surface area contributed by atoms with Crippen LogP contribution in [0.1, 0.15) is 12.5 Å². The predicted octanol–water partition coefficient (Wildman–Crippen LogP) is -0.332. The highest BCUT2D eigenvalue weighted by Gasteiger charge is 2.25. The van der Waals surface area contributed by atoms with Gasteiger partial charge in [-0.1, -0.05) is 12.1 Å². The first kappa shape index (κ1) is 18.1. The fourth-order valence-electron chi connectivity index (χ4n) is 2.63. The number of carbonyl (C=O) groups is 2. The second-order valence-electron chi connectivity index (χ2n) is 5.74. The molecule has 1 aliphatic heterocycles. The highest BCUT2D eigenvalue weighted by molar-refractivity contribution is 5.76. The minimum absolute atomic E-state index is 0.0189. The number of nitrogens with one attached hydrogen (secondary N) is 2. The maximum atomic E-state index is 12.1. The van der Waals surface area contributed by atoms with Crippen LogP contribution in [0.25, 0.3) is 0 Å². The number of quaternary nitrogens is 1. The summed E-state index contributed by atoms with van der Waals surface area (Å²) in [6.07, 6.45) is -0.263. The first-order valence-electron chi connectivity index (χ1n) is 8.27. The molecule has 0 spiro atoms. The highest BCUT2D eigenvalue weighted by Crippen LogP contribution is 2.10. The maximum absolute atomic E-state index is 12.1. The van der Waals surface area contributed by atoms with E-state index in [1.807, 2.05) is 24.3 Å². The molecule has 2 N–H and O–H groups in total. The van der Waals surface area contributed by atoms with Gasteiger partial charge in [0.2, 0.25) is 0 Å². The lowest BCUT2D eigenvalue weighted by Gasteiger charge is -2.31. The van der Waals surface area contributed by atoms with E-state index in [2.05, 4.69) is 5.32 Å². The SMILES string of the molecule is CCOC(=O)N1CC[NH+](CC(=O)NCc2ccc(OC)cc2)CC1. The van der Waals surface area contributed by atoms with Crippen molar-refractivity contribution in [3.63, 3.8) is 0 Å². The van der Waals surface area contributed by atoms with Gasteiger partial charge in [0.15, 0.2) is 6.54 Å². The molecule has 24 heavy (non-hydrogen) atoms. The molecule has 1 saturated heterocycles. The van der Waals surface area contributed by atoms with E-state index in [0.29, 0.717) is 32.8 Å². The second-order valence-corrected chi connectivity index (χ2v) is 5.74. The van der Waals surface area contributed by atoms with Crippen molar-refractivity contribution in [2.75, 3.05) is 46.4 Å². The number of amides is 2. The highest BCUT2D eigenvalue weighted by atomic mass is 16.6. The van der Waals surface area contributed by atoms with E-state index in [4.69, 9.17) is 9.47 Å². The van der Waals surface area contributed by atoms with Crippen molar-refractivity contribution >= 4 is 12.0 Å². The summed E-state index contributed by atoms with van der Waals surface area (Å²) in [5.74, 6) is 0.819. The first-order valence-corrected chi connectivity index (χ1v) is 8.27. The molecule has 2 rings (SSSR count). The van der Waals surface area contributed by atoms with Crippen LogP contribution >= 0.6 is 0 Å². The molecule has 132 valence electrons. The van der Waals surface area contributed by atoms with E-state index in [1.54, 1.807) is 18.9 Å². The van der Waals surface area contributed by atoms with Crippen LogP contribution in [0, 0.1) is 0 Å². The first-order chi connectivity index (χ1) is 11.6. The second kappa shape index (κ2) is 9.12. The fraction of sp³-hybridized carbons (Fsp3) is 0.529. The predicted molar refractivity (Wildman–Crippen MR) is 89.0 cm³/mol. The normalized spacial score (nSPS) is 15.0. The Morgan fingerprint density at radius 1 is 1.21 bits per heavy atom. The zero-order valence-electron chi connectivity index (χ0n) is 14.3. The van der Waals surface area contributed by atoms with Crippen molar-refractivity contribution in [2.24, 2.45) is 0 Å². The quantitative estimate of drug-likeness (QED) is 0.746. The van der Waals surface area contributed by atoms with E-state index in [9.17, 15) is 9.59 Å². The standard InChI is InChI=1S/C17H25N3O4/c1-3-24-17(22)20-10-8-19(9-11-20)13-16(21)18-12-14-4-6-15(23-2)7-5-14/h4-7H,3,8-13H2,1-2H3,(H,18,21)/p+1. The maximum Gasteiger partial charge on any atom is 0.410 e. The van der Waals surface area contributed by atoms with Gasteiger partial charge in [-0.05, 0) is 24.6 Å². The molecule has 0 saturated carbocycles. The average molecular weight is 336 g/mol. The molecule has 0 aliphatic carbocycles. The van der Waals surface area contributed by atoms with E-state index < -0.39 is 0 Å². The molecule has 0 aromatic heterocycles.